The van der Waals surface area contributed by atoms with Crippen LogP contribution in [0.15, 0.2) is 46.0 Å². The van der Waals surface area contributed by atoms with Gasteiger partial charge in [0.15, 0.2) is 0 Å². The van der Waals surface area contributed by atoms with Crippen LogP contribution in [0, 0.1) is 5.92 Å². The van der Waals surface area contributed by atoms with E-state index < -0.39 is 35.5 Å². The van der Waals surface area contributed by atoms with Crippen molar-refractivity contribution in [3.8, 4) is 0 Å². The highest BCUT2D eigenvalue weighted by Gasteiger charge is 2.69. The number of carbonyl (C=O) groups excluding carboxylic acids is 2. The Morgan fingerprint density at radius 2 is 1.80 bits per heavy atom. The van der Waals surface area contributed by atoms with Crippen LogP contribution < -0.4 is 0 Å². The Morgan fingerprint density at radius 3 is 2.23 bits per heavy atom. The monoisotopic (exact) mass is 418 g/mol. The number of amidine groups is 1. The van der Waals surface area contributed by atoms with E-state index in [2.05, 4.69) is 16.7 Å². The number of halogens is 3. The summed E-state index contributed by atoms with van der Waals surface area (Å²) in [6.07, 6.45) is -2.52. The summed E-state index contributed by atoms with van der Waals surface area (Å²) in [5.41, 5.74) is -0.327. The lowest BCUT2D eigenvalue weighted by Gasteiger charge is -2.17. The van der Waals surface area contributed by atoms with Gasteiger partial charge in [-0.05, 0) is 51.6 Å². The van der Waals surface area contributed by atoms with Crippen LogP contribution in [0.3, 0.4) is 0 Å². The van der Waals surface area contributed by atoms with E-state index in [4.69, 9.17) is 0 Å². The standard InChI is InChI=1S/C21H21F3N4O2/c1-4-26-18(21(22,23)24)28-19(20(28,2)11-15(25-3)12-9-10-12)27-16(29)13-7-5-6-8-14(13)17(27)30/h5-8,11-12,19H,3-4,9-10H2,1-2H3/b15-11-,26-18?/t19?,20-,28?/m0/s1. The summed E-state index contributed by atoms with van der Waals surface area (Å²) in [5.74, 6) is -2.19. The number of amides is 2. The second-order valence-corrected chi connectivity index (χ2v) is 7.79. The van der Waals surface area contributed by atoms with E-state index in [1.165, 1.54) is 19.1 Å². The predicted octanol–water partition coefficient (Wildman–Crippen LogP) is 3.66. The fraction of sp³-hybridized carbons (Fsp3) is 0.429. The first-order valence-electron chi connectivity index (χ1n) is 9.72. The van der Waals surface area contributed by atoms with Gasteiger partial charge in [-0.25, -0.2) is 0 Å². The van der Waals surface area contributed by atoms with Crippen LogP contribution >= 0.6 is 0 Å². The Bertz CT molecular complexity index is 961. The van der Waals surface area contributed by atoms with Crippen molar-refractivity contribution in [1.82, 2.24) is 9.80 Å². The van der Waals surface area contributed by atoms with Crippen molar-refractivity contribution in [2.75, 3.05) is 6.54 Å². The molecule has 2 heterocycles. The van der Waals surface area contributed by atoms with Crippen molar-refractivity contribution in [2.45, 2.75) is 44.6 Å². The molecule has 6 nitrogen and oxygen atoms in total. The molecule has 1 aliphatic carbocycles. The van der Waals surface area contributed by atoms with Gasteiger partial charge in [0, 0.05) is 18.2 Å². The fourth-order valence-electron chi connectivity index (χ4n) is 4.10. The number of aliphatic imine (C=N–C) groups is 2. The Balaban J connectivity index is 1.80. The molecular formula is C21H21F3N4O2. The Kier molecular flexibility index (Phi) is 4.59. The summed E-state index contributed by atoms with van der Waals surface area (Å²) < 4.78 is 41.5. The first-order valence-corrected chi connectivity index (χ1v) is 9.72. The molecule has 0 N–H and O–H groups in total. The molecule has 0 bridgehead atoms. The fourth-order valence-corrected chi connectivity index (χ4v) is 4.10. The number of alkyl halides is 3. The third-order valence-corrected chi connectivity index (χ3v) is 5.70. The molecule has 2 atom stereocenters. The SMILES string of the molecule is C=N/C(=C\[C@@]1(C)C(N2C(=O)c3ccccc3C2=O)N1C(=NCC)C(F)(F)F)C1CC1. The molecule has 1 aromatic rings. The maximum atomic E-state index is 13.8. The Labute approximate surface area is 171 Å². The van der Waals surface area contributed by atoms with Gasteiger partial charge in [-0.3, -0.25) is 24.5 Å². The molecule has 1 saturated carbocycles. The van der Waals surface area contributed by atoms with Gasteiger partial charge >= 0.3 is 6.18 Å². The molecule has 1 unspecified atom stereocenters. The summed E-state index contributed by atoms with van der Waals surface area (Å²) in [6.45, 7) is 6.51. The lowest BCUT2D eigenvalue weighted by molar-refractivity contribution is -0.0665. The molecule has 30 heavy (non-hydrogen) atoms. The third kappa shape index (κ3) is 3.03. The van der Waals surface area contributed by atoms with Crippen LogP contribution in [0.25, 0.3) is 0 Å². The van der Waals surface area contributed by atoms with E-state index >= 15 is 0 Å². The minimum Gasteiger partial charge on any atom is -0.316 e. The molecule has 0 spiro atoms. The number of rotatable bonds is 5. The van der Waals surface area contributed by atoms with Crippen LogP contribution in [0.5, 0.6) is 0 Å². The maximum absolute atomic E-state index is 13.8. The molecule has 1 aromatic carbocycles. The zero-order chi connectivity index (χ0) is 21.8. The molecule has 9 heteroatoms. The van der Waals surface area contributed by atoms with Gasteiger partial charge in [0.1, 0.15) is 11.7 Å². The first-order chi connectivity index (χ1) is 14.1. The highest BCUT2D eigenvalue weighted by atomic mass is 19.4. The summed E-state index contributed by atoms with van der Waals surface area (Å²) >= 11 is 0. The molecule has 1 saturated heterocycles. The van der Waals surface area contributed by atoms with Crippen LogP contribution in [0.2, 0.25) is 0 Å². The quantitative estimate of drug-likeness (QED) is 0.317. The summed E-state index contributed by atoms with van der Waals surface area (Å²) in [7, 11) is 0. The number of imide groups is 1. The lowest BCUT2D eigenvalue weighted by Crippen LogP contribution is -2.39. The van der Waals surface area contributed by atoms with E-state index in [0.717, 1.165) is 22.6 Å². The van der Waals surface area contributed by atoms with Crippen molar-refractivity contribution < 1.29 is 22.8 Å². The van der Waals surface area contributed by atoms with Gasteiger partial charge < -0.3 is 4.90 Å². The molecule has 4 rings (SSSR count). The van der Waals surface area contributed by atoms with Crippen LogP contribution in [0.1, 0.15) is 47.4 Å². The second kappa shape index (κ2) is 6.78. The zero-order valence-electron chi connectivity index (χ0n) is 16.6. The van der Waals surface area contributed by atoms with Crippen LogP contribution in [0.4, 0.5) is 13.2 Å². The van der Waals surface area contributed by atoms with Crippen LogP contribution in [-0.2, 0) is 0 Å². The molecule has 2 fully saturated rings. The van der Waals surface area contributed by atoms with Gasteiger partial charge in [-0.15, -0.1) is 0 Å². The Hall–Kier alpha value is -2.97. The Morgan fingerprint density at radius 1 is 1.23 bits per heavy atom. The van der Waals surface area contributed by atoms with Gasteiger partial charge in [0.05, 0.1) is 11.1 Å². The molecule has 0 radical (unpaired) electrons. The second-order valence-electron chi connectivity index (χ2n) is 7.79. The minimum absolute atomic E-state index is 0.0881. The summed E-state index contributed by atoms with van der Waals surface area (Å²) in [6, 6.07) is 6.23. The topological polar surface area (TPSA) is 65.1 Å². The number of benzene rings is 1. The van der Waals surface area contributed by atoms with Gasteiger partial charge in [-0.1, -0.05) is 12.1 Å². The average Bonchev–Trinajstić information content (AvgIpc) is 3.60. The maximum Gasteiger partial charge on any atom is 0.449 e. The molecule has 2 amide bonds. The number of fused-ring (bicyclic) bond motifs is 1. The predicted molar refractivity (Wildman–Crippen MR) is 105 cm³/mol. The van der Waals surface area contributed by atoms with Gasteiger partial charge in [0.2, 0.25) is 5.84 Å². The number of nitrogens with zero attached hydrogens (tertiary/aromatic N) is 4. The average molecular weight is 418 g/mol. The molecule has 158 valence electrons. The largest absolute Gasteiger partial charge is 0.449 e. The molecular weight excluding hydrogens is 397 g/mol. The smallest absolute Gasteiger partial charge is 0.316 e. The number of hydrogen-bond acceptors (Lipinski definition) is 4. The summed E-state index contributed by atoms with van der Waals surface area (Å²) in [4.78, 5) is 35.5. The molecule has 3 aliphatic rings. The normalized spacial score (nSPS) is 26.9. The minimum atomic E-state index is -4.74. The van der Waals surface area contributed by atoms with Gasteiger partial charge in [0.25, 0.3) is 11.8 Å². The number of carbonyl (C=O) groups is 2. The third-order valence-electron chi connectivity index (χ3n) is 5.70. The highest BCUT2D eigenvalue weighted by Crippen LogP contribution is 2.51. The van der Waals surface area contributed by atoms with E-state index in [1.54, 1.807) is 25.1 Å². The molecule has 2 aliphatic heterocycles. The highest BCUT2D eigenvalue weighted by molar-refractivity contribution is 6.22. The van der Waals surface area contributed by atoms with Crippen molar-refractivity contribution in [1.29, 1.82) is 0 Å². The van der Waals surface area contributed by atoms with Crippen molar-refractivity contribution >= 4 is 24.4 Å². The van der Waals surface area contributed by atoms with Crippen molar-refractivity contribution in [2.24, 2.45) is 15.9 Å². The van der Waals surface area contributed by atoms with Gasteiger partial charge in [-0.2, -0.15) is 13.2 Å². The number of allylic oxidation sites excluding steroid dienone is 1. The van der Waals surface area contributed by atoms with Crippen LogP contribution in [-0.4, -0.2) is 58.6 Å². The van der Waals surface area contributed by atoms with Crippen molar-refractivity contribution in [3.63, 3.8) is 0 Å². The lowest BCUT2D eigenvalue weighted by atomic mass is 10.1. The van der Waals surface area contributed by atoms with E-state index in [9.17, 15) is 22.8 Å². The van der Waals surface area contributed by atoms with Crippen molar-refractivity contribution in [3.05, 3.63) is 47.2 Å². The van der Waals surface area contributed by atoms with E-state index in [1.807, 2.05) is 0 Å². The number of hydrogen-bond donors (Lipinski definition) is 0. The van der Waals surface area contributed by atoms with E-state index in [-0.39, 0.29) is 23.6 Å². The van der Waals surface area contributed by atoms with E-state index in [0.29, 0.717) is 5.70 Å². The first kappa shape index (κ1) is 20.3. The zero-order valence-corrected chi connectivity index (χ0v) is 16.6. The molecule has 0 aromatic heterocycles. The summed E-state index contributed by atoms with van der Waals surface area (Å²) in [5, 5.41) is 0.